The first-order chi connectivity index (χ1) is 12.8. The monoisotopic (exact) mass is 350 g/mol. The van der Waals surface area contributed by atoms with Crippen molar-refractivity contribution in [3.63, 3.8) is 0 Å². The highest BCUT2D eigenvalue weighted by atomic mass is 16.3. The predicted octanol–water partition coefficient (Wildman–Crippen LogP) is 2.51. The van der Waals surface area contributed by atoms with E-state index in [-0.39, 0.29) is 19.1 Å². The molecule has 132 valence electrons. The van der Waals surface area contributed by atoms with Crippen molar-refractivity contribution in [1.29, 1.82) is 0 Å². The fourth-order valence-electron chi connectivity index (χ4n) is 2.24. The molecule has 2 aromatic carbocycles. The van der Waals surface area contributed by atoms with E-state index in [2.05, 4.69) is 20.8 Å². The molecule has 0 aliphatic rings. The molecule has 0 aliphatic carbocycles. The van der Waals surface area contributed by atoms with Crippen LogP contribution in [0.1, 0.15) is 15.9 Å². The maximum absolute atomic E-state index is 11.7. The van der Waals surface area contributed by atoms with Gasteiger partial charge in [0.25, 0.3) is 5.91 Å². The molecule has 0 radical (unpaired) electrons. The van der Waals surface area contributed by atoms with Gasteiger partial charge in [0.15, 0.2) is 12.2 Å². The van der Waals surface area contributed by atoms with Gasteiger partial charge in [-0.1, -0.05) is 12.1 Å². The van der Waals surface area contributed by atoms with Gasteiger partial charge >= 0.3 is 0 Å². The van der Waals surface area contributed by atoms with E-state index in [0.717, 1.165) is 16.8 Å². The van der Waals surface area contributed by atoms with Crippen LogP contribution in [0.4, 0.5) is 5.69 Å². The molecule has 0 spiro atoms. The van der Waals surface area contributed by atoms with Crippen molar-refractivity contribution in [3.05, 3.63) is 72.2 Å². The molecule has 26 heavy (non-hydrogen) atoms. The third kappa shape index (κ3) is 4.55. The Balaban J connectivity index is 1.56. The summed E-state index contributed by atoms with van der Waals surface area (Å²) < 4.78 is 5.24. The molecule has 0 fully saturated rings. The molecule has 1 aromatic heterocycles. The van der Waals surface area contributed by atoms with Gasteiger partial charge in [-0.25, -0.2) is 4.98 Å². The summed E-state index contributed by atoms with van der Waals surface area (Å²) in [7, 11) is 0. The van der Waals surface area contributed by atoms with Crippen molar-refractivity contribution in [2.75, 3.05) is 18.6 Å². The number of nitrogens with one attached hydrogen (secondary N) is 2. The zero-order valence-corrected chi connectivity index (χ0v) is 13.9. The van der Waals surface area contributed by atoms with Crippen LogP contribution >= 0.6 is 0 Å². The van der Waals surface area contributed by atoms with E-state index in [1.807, 2.05) is 24.3 Å². The maximum Gasteiger partial charge on any atom is 0.251 e. The van der Waals surface area contributed by atoms with Gasteiger partial charge in [0, 0.05) is 17.7 Å². The van der Waals surface area contributed by atoms with Crippen molar-refractivity contribution in [2.24, 2.45) is 5.10 Å². The van der Waals surface area contributed by atoms with Crippen molar-refractivity contribution in [1.82, 2.24) is 10.3 Å². The molecule has 0 saturated carbocycles. The molecule has 7 nitrogen and oxygen atoms in total. The number of hydrazone groups is 1. The predicted molar refractivity (Wildman–Crippen MR) is 99.0 cm³/mol. The summed E-state index contributed by atoms with van der Waals surface area (Å²) >= 11 is 0. The third-order valence-electron chi connectivity index (χ3n) is 3.58. The molecule has 0 bridgehead atoms. The Hall–Kier alpha value is -3.45. The minimum absolute atomic E-state index is 0.0818. The Kier molecular flexibility index (Phi) is 5.74. The van der Waals surface area contributed by atoms with Crippen molar-refractivity contribution in [3.8, 4) is 11.3 Å². The van der Waals surface area contributed by atoms with Crippen molar-refractivity contribution in [2.45, 2.75) is 0 Å². The molecule has 1 amide bonds. The summed E-state index contributed by atoms with van der Waals surface area (Å²) in [6.45, 7) is 0.155. The number of aliphatic hydroxyl groups is 1. The number of anilines is 1. The van der Waals surface area contributed by atoms with Gasteiger partial charge in [-0.05, 0) is 42.0 Å². The summed E-state index contributed by atoms with van der Waals surface area (Å²) in [5, 5.41) is 15.5. The molecule has 1 heterocycles. The Labute approximate surface area is 150 Å². The summed E-state index contributed by atoms with van der Waals surface area (Å²) in [6, 6.07) is 14.6. The number of aromatic nitrogens is 1. The highest BCUT2D eigenvalue weighted by molar-refractivity contribution is 5.95. The zero-order chi connectivity index (χ0) is 18.2. The van der Waals surface area contributed by atoms with Gasteiger partial charge < -0.3 is 14.8 Å². The van der Waals surface area contributed by atoms with E-state index >= 15 is 0 Å². The van der Waals surface area contributed by atoms with Crippen LogP contribution in [-0.2, 0) is 0 Å². The molecular weight excluding hydrogens is 332 g/mol. The Morgan fingerprint density at radius 1 is 1.15 bits per heavy atom. The average molecular weight is 350 g/mol. The van der Waals surface area contributed by atoms with Crippen molar-refractivity contribution < 1.29 is 14.3 Å². The number of hydrogen-bond acceptors (Lipinski definition) is 6. The van der Waals surface area contributed by atoms with E-state index < -0.39 is 0 Å². The Bertz CT molecular complexity index is 857. The van der Waals surface area contributed by atoms with E-state index in [9.17, 15) is 4.79 Å². The lowest BCUT2D eigenvalue weighted by Crippen LogP contribution is -2.26. The molecule has 0 aliphatic heterocycles. The first kappa shape index (κ1) is 17.4. The smallest absolute Gasteiger partial charge is 0.251 e. The van der Waals surface area contributed by atoms with Crippen LogP contribution in [0.3, 0.4) is 0 Å². The largest absolute Gasteiger partial charge is 0.444 e. The van der Waals surface area contributed by atoms with E-state index in [4.69, 9.17) is 9.52 Å². The lowest BCUT2D eigenvalue weighted by molar-refractivity contribution is 0.0945. The lowest BCUT2D eigenvalue weighted by Gasteiger charge is -2.03. The summed E-state index contributed by atoms with van der Waals surface area (Å²) in [5.74, 6) is 0.496. The molecule has 3 aromatic rings. The molecule has 0 saturated heterocycles. The van der Waals surface area contributed by atoms with Crippen LogP contribution in [0.5, 0.6) is 0 Å². The number of amides is 1. The van der Waals surface area contributed by atoms with Crippen LogP contribution in [0.25, 0.3) is 11.3 Å². The minimum Gasteiger partial charge on any atom is -0.444 e. The number of oxazole rings is 1. The summed E-state index contributed by atoms with van der Waals surface area (Å²) in [5.41, 5.74) is 6.11. The minimum atomic E-state index is -0.215. The van der Waals surface area contributed by atoms with Crippen LogP contribution in [0.15, 0.2) is 70.6 Å². The number of rotatable bonds is 7. The lowest BCUT2D eigenvalue weighted by atomic mass is 10.1. The van der Waals surface area contributed by atoms with Gasteiger partial charge in [0.1, 0.15) is 0 Å². The van der Waals surface area contributed by atoms with Crippen LogP contribution in [-0.4, -0.2) is 35.4 Å². The fourth-order valence-corrected chi connectivity index (χ4v) is 2.24. The quantitative estimate of drug-likeness (QED) is 0.449. The number of carbonyl (C=O) groups is 1. The fraction of sp³-hybridized carbons (Fsp3) is 0.105. The first-order valence-corrected chi connectivity index (χ1v) is 8.03. The highest BCUT2D eigenvalue weighted by Crippen LogP contribution is 2.20. The second kappa shape index (κ2) is 8.59. The van der Waals surface area contributed by atoms with Gasteiger partial charge in [-0.15, -0.1) is 0 Å². The van der Waals surface area contributed by atoms with Gasteiger partial charge in [0.2, 0.25) is 0 Å². The summed E-state index contributed by atoms with van der Waals surface area (Å²) in [6.07, 6.45) is 4.72. The highest BCUT2D eigenvalue weighted by Gasteiger charge is 2.03. The SMILES string of the molecule is O=C(NCCO)c1ccc(/C=N/Nc2ccc(-c3cnco3)cc2)cc1. The second-order valence-electron chi connectivity index (χ2n) is 5.41. The number of carbonyl (C=O) groups excluding carboxylic acids is 1. The van der Waals surface area contributed by atoms with Crippen LogP contribution < -0.4 is 10.7 Å². The molecule has 0 unspecified atom stereocenters. The first-order valence-electron chi connectivity index (χ1n) is 8.03. The topological polar surface area (TPSA) is 99.8 Å². The Morgan fingerprint density at radius 3 is 2.58 bits per heavy atom. The second-order valence-corrected chi connectivity index (χ2v) is 5.41. The normalized spacial score (nSPS) is 10.8. The van der Waals surface area contributed by atoms with Crippen LogP contribution in [0, 0.1) is 0 Å². The van der Waals surface area contributed by atoms with Gasteiger partial charge in [-0.2, -0.15) is 5.10 Å². The zero-order valence-electron chi connectivity index (χ0n) is 13.9. The standard InChI is InChI=1S/C19H18N4O3/c24-10-9-21-19(25)16-3-1-14(2-4-16)11-22-23-17-7-5-15(6-8-17)18-12-20-13-26-18/h1-8,11-13,23-24H,9-10H2,(H,21,25)/b22-11+. The number of hydrogen-bond donors (Lipinski definition) is 3. The number of nitrogens with zero attached hydrogens (tertiary/aromatic N) is 2. The Morgan fingerprint density at radius 2 is 1.92 bits per heavy atom. The molecule has 3 N–H and O–H groups in total. The molecule has 7 heteroatoms. The van der Waals surface area contributed by atoms with E-state index in [1.54, 1.807) is 36.7 Å². The molecule has 3 rings (SSSR count). The maximum atomic E-state index is 11.7. The average Bonchev–Trinajstić information content (AvgIpc) is 3.22. The number of benzene rings is 2. The van der Waals surface area contributed by atoms with Gasteiger partial charge in [-0.3, -0.25) is 10.2 Å². The van der Waals surface area contributed by atoms with E-state index in [0.29, 0.717) is 11.3 Å². The van der Waals surface area contributed by atoms with Gasteiger partial charge in [0.05, 0.1) is 24.7 Å². The third-order valence-corrected chi connectivity index (χ3v) is 3.58. The summed E-state index contributed by atoms with van der Waals surface area (Å²) in [4.78, 5) is 15.6. The molecule has 0 atom stereocenters. The number of aliphatic hydroxyl groups excluding tert-OH is 1. The van der Waals surface area contributed by atoms with E-state index in [1.165, 1.54) is 6.39 Å². The van der Waals surface area contributed by atoms with Crippen LogP contribution in [0.2, 0.25) is 0 Å². The van der Waals surface area contributed by atoms with Crippen molar-refractivity contribution >= 4 is 17.8 Å². The molecular formula is C19H18N4O3.